The van der Waals surface area contributed by atoms with E-state index in [1.165, 1.54) is 24.0 Å². The molecule has 132 valence electrons. The number of likely N-dealkylation sites (tertiary alicyclic amines) is 1. The highest BCUT2D eigenvalue weighted by Gasteiger charge is 2.27. The zero-order valence-electron chi connectivity index (χ0n) is 14.2. The number of nitrogens with one attached hydrogen (secondary N) is 1. The number of methoxy groups -OCH3 is 1. The molecule has 1 aromatic heterocycles. The fourth-order valence-electron chi connectivity index (χ4n) is 3.15. The summed E-state index contributed by atoms with van der Waals surface area (Å²) in [6.07, 6.45) is 1.87. The minimum absolute atomic E-state index is 0.0266. The fraction of sp³-hybridized carbons (Fsp3) is 0.368. The largest absolute Gasteiger partial charge is 0.465 e. The number of esters is 1. The Balaban J connectivity index is 1.60. The first-order valence-electron chi connectivity index (χ1n) is 8.40. The SMILES string of the molecule is COC(=O)c1sccc1NC(=O)C1CCCN(Cc2ccccc2)C1. The Labute approximate surface area is 151 Å². The van der Waals surface area contributed by atoms with E-state index in [9.17, 15) is 9.59 Å². The Hall–Kier alpha value is -2.18. The van der Waals surface area contributed by atoms with E-state index >= 15 is 0 Å². The molecule has 0 radical (unpaired) electrons. The summed E-state index contributed by atoms with van der Waals surface area (Å²) in [5.74, 6) is -0.510. The third kappa shape index (κ3) is 4.46. The number of hydrogen-bond acceptors (Lipinski definition) is 5. The van der Waals surface area contributed by atoms with Gasteiger partial charge in [0.05, 0.1) is 18.7 Å². The first kappa shape index (κ1) is 17.6. The molecule has 2 aromatic rings. The van der Waals surface area contributed by atoms with Crippen LogP contribution in [0.15, 0.2) is 41.8 Å². The maximum atomic E-state index is 12.6. The fourth-order valence-corrected chi connectivity index (χ4v) is 3.91. The van der Waals surface area contributed by atoms with Crippen molar-refractivity contribution in [1.29, 1.82) is 0 Å². The second-order valence-electron chi connectivity index (χ2n) is 6.20. The number of anilines is 1. The van der Waals surface area contributed by atoms with E-state index in [-0.39, 0.29) is 11.8 Å². The Bertz CT molecular complexity index is 729. The van der Waals surface area contributed by atoms with Crippen LogP contribution in [-0.4, -0.2) is 37.0 Å². The van der Waals surface area contributed by atoms with E-state index in [0.29, 0.717) is 10.6 Å². The second kappa shape index (κ2) is 8.27. The van der Waals surface area contributed by atoms with Crippen LogP contribution in [0.25, 0.3) is 0 Å². The first-order chi connectivity index (χ1) is 12.2. The van der Waals surface area contributed by atoms with Gasteiger partial charge in [-0.3, -0.25) is 9.69 Å². The molecule has 25 heavy (non-hydrogen) atoms. The standard InChI is InChI=1S/C19H22N2O3S/c1-24-19(23)17-16(9-11-25-17)20-18(22)15-8-5-10-21(13-15)12-14-6-3-2-4-7-14/h2-4,6-7,9,11,15H,5,8,10,12-13H2,1H3,(H,20,22). The third-order valence-electron chi connectivity index (χ3n) is 4.42. The number of rotatable bonds is 5. The average Bonchev–Trinajstić information content (AvgIpc) is 3.10. The molecule has 1 N–H and O–H groups in total. The molecule has 2 heterocycles. The number of hydrogen-bond donors (Lipinski definition) is 1. The molecule has 0 spiro atoms. The lowest BCUT2D eigenvalue weighted by molar-refractivity contribution is -0.121. The monoisotopic (exact) mass is 358 g/mol. The number of benzene rings is 1. The van der Waals surface area contributed by atoms with Gasteiger partial charge in [0.25, 0.3) is 0 Å². The van der Waals surface area contributed by atoms with Gasteiger partial charge < -0.3 is 10.1 Å². The summed E-state index contributed by atoms with van der Waals surface area (Å²) in [4.78, 5) is 27.1. The van der Waals surface area contributed by atoms with Crippen LogP contribution in [0.5, 0.6) is 0 Å². The topological polar surface area (TPSA) is 58.6 Å². The minimum Gasteiger partial charge on any atom is -0.465 e. The molecule has 0 aliphatic carbocycles. The lowest BCUT2D eigenvalue weighted by Gasteiger charge is -2.32. The maximum Gasteiger partial charge on any atom is 0.350 e. The zero-order chi connectivity index (χ0) is 17.6. The highest BCUT2D eigenvalue weighted by molar-refractivity contribution is 7.12. The molecule has 1 unspecified atom stereocenters. The average molecular weight is 358 g/mol. The van der Waals surface area contributed by atoms with Crippen LogP contribution in [0.3, 0.4) is 0 Å². The Kier molecular flexibility index (Phi) is 5.83. The number of thiophene rings is 1. The van der Waals surface area contributed by atoms with Gasteiger partial charge >= 0.3 is 5.97 Å². The Morgan fingerprint density at radius 2 is 2.08 bits per heavy atom. The van der Waals surface area contributed by atoms with Gasteiger partial charge in [0.1, 0.15) is 4.88 Å². The quantitative estimate of drug-likeness (QED) is 0.833. The second-order valence-corrected chi connectivity index (χ2v) is 7.12. The van der Waals surface area contributed by atoms with Crippen LogP contribution in [0.2, 0.25) is 0 Å². The summed E-state index contributed by atoms with van der Waals surface area (Å²) in [5.41, 5.74) is 1.80. The number of piperidine rings is 1. The van der Waals surface area contributed by atoms with E-state index < -0.39 is 5.97 Å². The molecule has 1 aliphatic heterocycles. The number of amides is 1. The van der Waals surface area contributed by atoms with E-state index in [4.69, 9.17) is 4.74 Å². The van der Waals surface area contributed by atoms with Crippen molar-refractivity contribution in [1.82, 2.24) is 4.90 Å². The van der Waals surface area contributed by atoms with E-state index in [1.54, 1.807) is 11.4 Å². The van der Waals surface area contributed by atoms with Crippen molar-refractivity contribution in [3.05, 3.63) is 52.2 Å². The number of ether oxygens (including phenoxy) is 1. The van der Waals surface area contributed by atoms with Crippen LogP contribution in [0.1, 0.15) is 28.1 Å². The molecule has 0 bridgehead atoms. The van der Waals surface area contributed by atoms with Crippen LogP contribution < -0.4 is 5.32 Å². The molecular formula is C19H22N2O3S. The van der Waals surface area contributed by atoms with Crippen LogP contribution in [0, 0.1) is 5.92 Å². The van der Waals surface area contributed by atoms with Crippen molar-refractivity contribution in [2.75, 3.05) is 25.5 Å². The number of carbonyl (C=O) groups excluding carboxylic acids is 2. The normalized spacial score (nSPS) is 17.9. The first-order valence-corrected chi connectivity index (χ1v) is 9.28. The maximum absolute atomic E-state index is 12.6. The summed E-state index contributed by atoms with van der Waals surface area (Å²) < 4.78 is 4.76. The van der Waals surface area contributed by atoms with Gasteiger partial charge in [0.2, 0.25) is 5.91 Å². The summed E-state index contributed by atoms with van der Waals surface area (Å²) >= 11 is 1.27. The van der Waals surface area contributed by atoms with Gasteiger partial charge in [0.15, 0.2) is 0 Å². The van der Waals surface area contributed by atoms with Gasteiger partial charge in [-0.15, -0.1) is 11.3 Å². The Morgan fingerprint density at radius 1 is 1.28 bits per heavy atom. The lowest BCUT2D eigenvalue weighted by atomic mass is 9.96. The van der Waals surface area contributed by atoms with Crippen molar-refractivity contribution in [2.45, 2.75) is 19.4 Å². The molecule has 1 fully saturated rings. The molecule has 0 saturated carbocycles. The zero-order valence-corrected chi connectivity index (χ0v) is 15.1. The molecular weight excluding hydrogens is 336 g/mol. The van der Waals surface area contributed by atoms with Crippen LogP contribution in [-0.2, 0) is 16.1 Å². The molecule has 1 saturated heterocycles. The van der Waals surface area contributed by atoms with Crippen LogP contribution >= 0.6 is 11.3 Å². The van der Waals surface area contributed by atoms with Crippen molar-refractivity contribution >= 4 is 28.9 Å². The number of nitrogens with zero attached hydrogens (tertiary/aromatic N) is 1. The van der Waals surface area contributed by atoms with Gasteiger partial charge in [-0.25, -0.2) is 4.79 Å². The highest BCUT2D eigenvalue weighted by atomic mass is 32.1. The van der Waals surface area contributed by atoms with Gasteiger partial charge in [-0.2, -0.15) is 0 Å². The van der Waals surface area contributed by atoms with E-state index in [2.05, 4.69) is 22.3 Å². The Morgan fingerprint density at radius 3 is 2.84 bits per heavy atom. The predicted molar refractivity (Wildman–Crippen MR) is 98.7 cm³/mol. The van der Waals surface area contributed by atoms with Crippen molar-refractivity contribution in [3.63, 3.8) is 0 Å². The van der Waals surface area contributed by atoms with Crippen molar-refractivity contribution in [3.8, 4) is 0 Å². The van der Waals surface area contributed by atoms with E-state index in [1.807, 2.05) is 18.2 Å². The number of carbonyl (C=O) groups is 2. The molecule has 1 aliphatic rings. The predicted octanol–water partition coefficient (Wildman–Crippen LogP) is 3.39. The lowest BCUT2D eigenvalue weighted by Crippen LogP contribution is -2.40. The summed E-state index contributed by atoms with van der Waals surface area (Å²) in [7, 11) is 1.34. The third-order valence-corrected chi connectivity index (χ3v) is 5.31. The smallest absolute Gasteiger partial charge is 0.350 e. The molecule has 1 aromatic carbocycles. The van der Waals surface area contributed by atoms with Crippen molar-refractivity contribution in [2.24, 2.45) is 5.92 Å². The van der Waals surface area contributed by atoms with Crippen molar-refractivity contribution < 1.29 is 14.3 Å². The molecule has 5 nitrogen and oxygen atoms in total. The molecule has 1 atom stereocenters. The van der Waals surface area contributed by atoms with Gasteiger partial charge in [-0.1, -0.05) is 30.3 Å². The molecule has 6 heteroatoms. The van der Waals surface area contributed by atoms with Gasteiger partial charge in [0, 0.05) is 13.1 Å². The van der Waals surface area contributed by atoms with Gasteiger partial charge in [-0.05, 0) is 36.4 Å². The summed E-state index contributed by atoms with van der Waals surface area (Å²) in [5, 5.41) is 4.69. The van der Waals surface area contributed by atoms with Crippen LogP contribution in [0.4, 0.5) is 5.69 Å². The highest BCUT2D eigenvalue weighted by Crippen LogP contribution is 2.25. The van der Waals surface area contributed by atoms with E-state index in [0.717, 1.165) is 32.5 Å². The molecule has 1 amide bonds. The minimum atomic E-state index is -0.417. The molecule has 3 rings (SSSR count). The summed E-state index contributed by atoms with van der Waals surface area (Å²) in [6, 6.07) is 12.0. The summed E-state index contributed by atoms with van der Waals surface area (Å²) in [6.45, 7) is 2.60.